The number of hydrogen-bond donors (Lipinski definition) is 1. The van der Waals surface area contributed by atoms with Crippen LogP contribution in [-0.4, -0.2) is 57.5 Å². The van der Waals surface area contributed by atoms with Gasteiger partial charge in [-0.05, 0) is 62.1 Å². The lowest BCUT2D eigenvalue weighted by atomic mass is 9.99. The third kappa shape index (κ3) is 6.00. The van der Waals surface area contributed by atoms with Gasteiger partial charge in [-0.3, -0.25) is 4.79 Å². The molecule has 2 aliphatic rings. The molecule has 0 aromatic heterocycles. The summed E-state index contributed by atoms with van der Waals surface area (Å²) in [5.41, 5.74) is 0.796. The van der Waals surface area contributed by atoms with Crippen molar-refractivity contribution in [2.45, 2.75) is 36.3 Å². The van der Waals surface area contributed by atoms with E-state index in [0.29, 0.717) is 43.7 Å². The molecule has 4 rings (SSSR count). The molecule has 0 unspecified atom stereocenters. The molecule has 12 heteroatoms. The molecular formula is C23H27Cl2N3O5S2. The SMILES string of the molecule is O=C(Nc1ccc(S(=O)(=O)N2CCCC2)cc1)[C@@H]1CCCN(S(=O)(=O)Cc2c(Cl)cccc2Cl)C1. The second kappa shape index (κ2) is 10.7. The first-order chi connectivity index (χ1) is 16.6. The van der Waals surface area contributed by atoms with Gasteiger partial charge in [0.05, 0.1) is 16.6 Å². The van der Waals surface area contributed by atoms with Crippen molar-refractivity contribution in [3.05, 3.63) is 58.1 Å². The predicted molar refractivity (Wildman–Crippen MR) is 136 cm³/mol. The van der Waals surface area contributed by atoms with Crippen molar-refractivity contribution in [1.29, 1.82) is 0 Å². The summed E-state index contributed by atoms with van der Waals surface area (Å²) in [4.78, 5) is 13.1. The summed E-state index contributed by atoms with van der Waals surface area (Å²) in [6.07, 6.45) is 2.80. The van der Waals surface area contributed by atoms with Crippen molar-refractivity contribution in [2.24, 2.45) is 5.92 Å². The van der Waals surface area contributed by atoms with E-state index in [1.165, 1.54) is 20.7 Å². The number of carbonyl (C=O) groups is 1. The van der Waals surface area contributed by atoms with Crippen LogP contribution < -0.4 is 5.32 Å². The molecule has 1 atom stereocenters. The van der Waals surface area contributed by atoms with Gasteiger partial charge >= 0.3 is 0 Å². The van der Waals surface area contributed by atoms with E-state index >= 15 is 0 Å². The first-order valence-corrected chi connectivity index (χ1v) is 15.2. The molecule has 0 bridgehead atoms. The highest BCUT2D eigenvalue weighted by Crippen LogP contribution is 2.29. The van der Waals surface area contributed by atoms with Crippen molar-refractivity contribution in [2.75, 3.05) is 31.5 Å². The monoisotopic (exact) mass is 559 g/mol. The van der Waals surface area contributed by atoms with Gasteiger partial charge in [0.2, 0.25) is 26.0 Å². The van der Waals surface area contributed by atoms with Crippen molar-refractivity contribution in [3.63, 3.8) is 0 Å². The Balaban J connectivity index is 1.40. The summed E-state index contributed by atoms with van der Waals surface area (Å²) in [6, 6.07) is 10.9. The fourth-order valence-electron chi connectivity index (χ4n) is 4.39. The van der Waals surface area contributed by atoms with Crippen molar-refractivity contribution in [1.82, 2.24) is 8.61 Å². The minimum atomic E-state index is -3.74. The molecule has 2 aliphatic heterocycles. The third-order valence-electron chi connectivity index (χ3n) is 6.36. The Bertz CT molecular complexity index is 1270. The van der Waals surface area contributed by atoms with E-state index in [-0.39, 0.29) is 33.1 Å². The van der Waals surface area contributed by atoms with E-state index in [2.05, 4.69) is 5.32 Å². The normalized spacial score (nSPS) is 20.1. The van der Waals surface area contributed by atoms with Gasteiger partial charge < -0.3 is 5.32 Å². The quantitative estimate of drug-likeness (QED) is 0.552. The Kier molecular flexibility index (Phi) is 8.09. The summed E-state index contributed by atoms with van der Waals surface area (Å²) in [5.74, 6) is -1.18. The Labute approximate surface area is 216 Å². The zero-order chi connectivity index (χ0) is 25.2. The van der Waals surface area contributed by atoms with Crippen LogP contribution in [-0.2, 0) is 30.6 Å². The molecule has 0 saturated carbocycles. The topological polar surface area (TPSA) is 104 Å². The number of nitrogens with zero attached hydrogens (tertiary/aromatic N) is 2. The van der Waals surface area contributed by atoms with Crippen molar-refractivity contribution in [3.8, 4) is 0 Å². The van der Waals surface area contributed by atoms with Crippen LogP contribution in [0.2, 0.25) is 10.0 Å². The zero-order valence-corrected chi connectivity index (χ0v) is 22.1. The van der Waals surface area contributed by atoms with E-state index in [0.717, 1.165) is 12.8 Å². The average molecular weight is 561 g/mol. The van der Waals surface area contributed by atoms with Crippen LogP contribution >= 0.6 is 23.2 Å². The standard InChI is InChI=1S/C23H27Cl2N3O5S2/c24-21-6-3-7-22(25)20(21)16-34(30,31)28-14-4-5-17(15-28)23(29)26-18-8-10-19(11-9-18)35(32,33)27-12-1-2-13-27/h3,6-11,17H,1-2,4-5,12-16H2,(H,26,29)/t17-/m1/s1. The molecule has 2 fully saturated rings. The molecule has 0 aliphatic carbocycles. The van der Waals surface area contributed by atoms with Gasteiger partial charge in [-0.15, -0.1) is 0 Å². The number of amides is 1. The first-order valence-electron chi connectivity index (χ1n) is 11.4. The molecule has 2 aromatic carbocycles. The number of hydrogen-bond acceptors (Lipinski definition) is 5. The number of rotatable bonds is 7. The second-order valence-corrected chi connectivity index (χ2v) is 13.5. The zero-order valence-electron chi connectivity index (χ0n) is 19.0. The Morgan fingerprint density at radius 2 is 1.49 bits per heavy atom. The van der Waals surface area contributed by atoms with Crippen LogP contribution in [0.5, 0.6) is 0 Å². The third-order valence-corrected chi connectivity index (χ3v) is 10.8. The Hall–Kier alpha value is -1.69. The van der Waals surface area contributed by atoms with Crippen LogP contribution in [0, 0.1) is 5.92 Å². The number of benzene rings is 2. The number of anilines is 1. The molecule has 35 heavy (non-hydrogen) atoms. The minimum Gasteiger partial charge on any atom is -0.326 e. The molecule has 190 valence electrons. The highest BCUT2D eigenvalue weighted by Gasteiger charge is 2.33. The number of carbonyl (C=O) groups excluding carboxylic acids is 1. The maximum absolute atomic E-state index is 13.0. The van der Waals surface area contributed by atoms with E-state index in [9.17, 15) is 21.6 Å². The fraction of sp³-hybridized carbons (Fsp3) is 0.435. The van der Waals surface area contributed by atoms with Crippen LogP contribution in [0.4, 0.5) is 5.69 Å². The molecule has 8 nitrogen and oxygen atoms in total. The number of piperidine rings is 1. The summed E-state index contributed by atoms with van der Waals surface area (Å²) >= 11 is 12.3. The van der Waals surface area contributed by atoms with E-state index in [1.807, 2.05) is 0 Å². The number of sulfonamides is 2. The molecule has 0 spiro atoms. The van der Waals surface area contributed by atoms with Crippen LogP contribution in [0.25, 0.3) is 0 Å². The molecule has 1 amide bonds. The summed E-state index contributed by atoms with van der Waals surface area (Å²) in [5, 5.41) is 3.35. The van der Waals surface area contributed by atoms with E-state index < -0.39 is 26.0 Å². The number of nitrogens with one attached hydrogen (secondary N) is 1. The summed E-state index contributed by atoms with van der Waals surface area (Å²) in [6.45, 7) is 1.41. The number of halogens is 2. The lowest BCUT2D eigenvalue weighted by Gasteiger charge is -2.31. The van der Waals surface area contributed by atoms with Gasteiger partial charge in [-0.25, -0.2) is 21.1 Å². The molecule has 1 N–H and O–H groups in total. The molecule has 0 radical (unpaired) electrons. The molecule has 2 heterocycles. The lowest BCUT2D eigenvalue weighted by Crippen LogP contribution is -2.44. The summed E-state index contributed by atoms with van der Waals surface area (Å²) < 4.78 is 54.2. The minimum absolute atomic E-state index is 0.0532. The highest BCUT2D eigenvalue weighted by atomic mass is 35.5. The summed E-state index contributed by atoms with van der Waals surface area (Å²) in [7, 11) is -7.27. The Morgan fingerprint density at radius 1 is 0.886 bits per heavy atom. The van der Waals surface area contributed by atoms with Gasteiger partial charge in [0.1, 0.15) is 0 Å². The van der Waals surface area contributed by atoms with Crippen LogP contribution in [0.3, 0.4) is 0 Å². The van der Waals surface area contributed by atoms with Gasteiger partial charge in [-0.1, -0.05) is 29.3 Å². The maximum Gasteiger partial charge on any atom is 0.243 e. The second-order valence-electron chi connectivity index (χ2n) is 8.78. The largest absolute Gasteiger partial charge is 0.326 e. The van der Waals surface area contributed by atoms with Crippen LogP contribution in [0.1, 0.15) is 31.2 Å². The Morgan fingerprint density at radius 3 is 2.11 bits per heavy atom. The molecule has 2 saturated heterocycles. The van der Waals surface area contributed by atoms with E-state index in [1.54, 1.807) is 30.3 Å². The van der Waals surface area contributed by atoms with Gasteiger partial charge in [0.15, 0.2) is 0 Å². The van der Waals surface area contributed by atoms with Gasteiger partial charge in [0, 0.05) is 47.5 Å². The molecule has 2 aromatic rings. The smallest absolute Gasteiger partial charge is 0.243 e. The van der Waals surface area contributed by atoms with Crippen molar-refractivity contribution < 1.29 is 21.6 Å². The van der Waals surface area contributed by atoms with Gasteiger partial charge in [0.25, 0.3) is 0 Å². The van der Waals surface area contributed by atoms with E-state index in [4.69, 9.17) is 23.2 Å². The molecular weight excluding hydrogens is 533 g/mol. The first kappa shape index (κ1) is 26.4. The average Bonchev–Trinajstić information content (AvgIpc) is 3.38. The predicted octanol–water partition coefficient (Wildman–Crippen LogP) is 3.96. The van der Waals surface area contributed by atoms with Crippen LogP contribution in [0.15, 0.2) is 47.4 Å². The fourth-order valence-corrected chi connectivity index (χ4v) is 8.26. The maximum atomic E-state index is 13.0. The van der Waals surface area contributed by atoms with Crippen molar-refractivity contribution >= 4 is 54.8 Å². The highest BCUT2D eigenvalue weighted by molar-refractivity contribution is 7.89. The van der Waals surface area contributed by atoms with Gasteiger partial charge in [-0.2, -0.15) is 4.31 Å². The lowest BCUT2D eigenvalue weighted by molar-refractivity contribution is -0.120.